The fraction of sp³-hybridized carbons (Fsp3) is 0.571. The first-order valence-corrected chi connectivity index (χ1v) is 3.99. The molecule has 3 heteroatoms. The lowest BCUT2D eigenvalue weighted by Crippen LogP contribution is -2.18. The second-order valence-corrected chi connectivity index (χ2v) is 3.71. The van der Waals surface area contributed by atoms with Gasteiger partial charge in [0.1, 0.15) is 0 Å². The summed E-state index contributed by atoms with van der Waals surface area (Å²) in [5.41, 5.74) is 0. The van der Waals surface area contributed by atoms with E-state index in [-0.39, 0.29) is 10.7 Å². The van der Waals surface area contributed by atoms with Crippen LogP contribution < -0.4 is 0 Å². The van der Waals surface area contributed by atoms with Gasteiger partial charge in [0.2, 0.25) is 5.91 Å². The first-order chi connectivity index (χ1) is 4.54. The highest BCUT2D eigenvalue weighted by molar-refractivity contribution is 9.09. The van der Waals surface area contributed by atoms with Crippen LogP contribution in [0.2, 0.25) is 0 Å². The summed E-state index contributed by atoms with van der Waals surface area (Å²) in [6.45, 7) is 1.96. The van der Waals surface area contributed by atoms with Crippen LogP contribution in [0.25, 0.3) is 0 Å². The van der Waals surface area contributed by atoms with E-state index in [0.29, 0.717) is 0 Å². The molecule has 0 saturated carbocycles. The van der Waals surface area contributed by atoms with Gasteiger partial charge in [-0.05, 0) is 6.92 Å². The number of halogens is 1. The van der Waals surface area contributed by atoms with Crippen LogP contribution in [-0.2, 0) is 4.79 Å². The molecule has 1 unspecified atom stereocenters. The van der Waals surface area contributed by atoms with Gasteiger partial charge in [-0.15, -0.1) is 0 Å². The first-order valence-electron chi connectivity index (χ1n) is 3.07. The predicted molar refractivity (Wildman–Crippen MR) is 46.2 cm³/mol. The average Bonchev–Trinajstić information content (AvgIpc) is 1.82. The molecule has 2 nitrogen and oxygen atoms in total. The van der Waals surface area contributed by atoms with Gasteiger partial charge in [-0.2, -0.15) is 0 Å². The summed E-state index contributed by atoms with van der Waals surface area (Å²) in [5.74, 6) is 0.0197. The monoisotopic (exact) mass is 205 g/mol. The van der Waals surface area contributed by atoms with E-state index in [1.807, 2.05) is 13.0 Å². The third kappa shape index (κ3) is 4.56. The Balaban J connectivity index is 3.79. The van der Waals surface area contributed by atoms with E-state index in [1.54, 1.807) is 20.2 Å². The minimum atomic E-state index is 0.0197. The van der Waals surface area contributed by atoms with Gasteiger partial charge in [0.15, 0.2) is 0 Å². The van der Waals surface area contributed by atoms with Crippen LogP contribution in [-0.4, -0.2) is 29.7 Å². The molecule has 58 valence electrons. The molecular formula is C7H12BrNO. The van der Waals surface area contributed by atoms with Crippen molar-refractivity contribution in [1.82, 2.24) is 4.90 Å². The van der Waals surface area contributed by atoms with Crippen LogP contribution in [0.1, 0.15) is 6.92 Å². The van der Waals surface area contributed by atoms with Crippen molar-refractivity contribution in [3.63, 3.8) is 0 Å². The van der Waals surface area contributed by atoms with Crippen molar-refractivity contribution in [2.24, 2.45) is 0 Å². The summed E-state index contributed by atoms with van der Waals surface area (Å²) >= 11 is 3.29. The number of rotatable bonds is 2. The topological polar surface area (TPSA) is 20.3 Å². The highest BCUT2D eigenvalue weighted by Gasteiger charge is 1.96. The number of carbonyl (C=O) groups excluding carboxylic acids is 1. The lowest BCUT2D eigenvalue weighted by molar-refractivity contribution is -0.123. The van der Waals surface area contributed by atoms with Gasteiger partial charge in [0, 0.05) is 25.0 Å². The summed E-state index contributed by atoms with van der Waals surface area (Å²) < 4.78 is 0. The molecular weight excluding hydrogens is 194 g/mol. The first kappa shape index (κ1) is 9.69. The smallest absolute Gasteiger partial charge is 0.245 e. The highest BCUT2D eigenvalue weighted by Crippen LogP contribution is 1.98. The summed E-state index contributed by atoms with van der Waals surface area (Å²) in [6, 6.07) is 0. The van der Waals surface area contributed by atoms with Gasteiger partial charge in [0.05, 0.1) is 0 Å². The standard InChI is InChI=1S/C7H12BrNO/c1-6(8)4-5-7(10)9(2)3/h4-6H,1-3H3. The van der Waals surface area contributed by atoms with Crippen LogP contribution in [0, 0.1) is 0 Å². The zero-order valence-electron chi connectivity index (χ0n) is 6.47. The second kappa shape index (κ2) is 4.50. The van der Waals surface area contributed by atoms with Crippen LogP contribution in [0.3, 0.4) is 0 Å². The van der Waals surface area contributed by atoms with Crippen molar-refractivity contribution < 1.29 is 4.79 Å². The van der Waals surface area contributed by atoms with E-state index in [2.05, 4.69) is 15.9 Å². The molecule has 1 atom stereocenters. The molecule has 0 saturated heterocycles. The molecule has 0 aliphatic rings. The Labute approximate surface area is 70.0 Å². The minimum absolute atomic E-state index is 0.0197. The maximum Gasteiger partial charge on any atom is 0.245 e. The third-order valence-electron chi connectivity index (χ3n) is 0.945. The summed E-state index contributed by atoms with van der Waals surface area (Å²) in [4.78, 5) is 12.7. The van der Waals surface area contributed by atoms with E-state index in [9.17, 15) is 4.79 Å². The largest absolute Gasteiger partial charge is 0.345 e. The lowest BCUT2D eigenvalue weighted by atomic mass is 10.4. The van der Waals surface area contributed by atoms with Crippen molar-refractivity contribution in [3.05, 3.63) is 12.2 Å². The molecule has 10 heavy (non-hydrogen) atoms. The Morgan fingerprint density at radius 2 is 2.10 bits per heavy atom. The molecule has 0 aliphatic carbocycles. The number of nitrogens with zero attached hydrogens (tertiary/aromatic N) is 1. The Kier molecular flexibility index (Phi) is 4.36. The van der Waals surface area contributed by atoms with E-state index in [1.165, 1.54) is 4.90 Å². The molecule has 0 fully saturated rings. The molecule has 1 amide bonds. The zero-order chi connectivity index (χ0) is 8.15. The number of allylic oxidation sites excluding steroid dienone is 1. The molecule has 0 rings (SSSR count). The van der Waals surface area contributed by atoms with Crippen molar-refractivity contribution >= 4 is 21.8 Å². The Morgan fingerprint density at radius 1 is 1.60 bits per heavy atom. The quantitative estimate of drug-likeness (QED) is 0.494. The van der Waals surface area contributed by atoms with Gasteiger partial charge in [-0.25, -0.2) is 0 Å². The van der Waals surface area contributed by atoms with E-state index in [4.69, 9.17) is 0 Å². The normalized spacial score (nSPS) is 13.6. The fourth-order valence-electron chi connectivity index (χ4n) is 0.364. The van der Waals surface area contributed by atoms with Gasteiger partial charge in [-0.3, -0.25) is 4.79 Å². The van der Waals surface area contributed by atoms with Crippen molar-refractivity contribution in [2.75, 3.05) is 14.1 Å². The van der Waals surface area contributed by atoms with Crippen LogP contribution in [0.4, 0.5) is 0 Å². The number of hydrogen-bond donors (Lipinski definition) is 0. The van der Waals surface area contributed by atoms with Gasteiger partial charge in [0.25, 0.3) is 0 Å². The van der Waals surface area contributed by atoms with Crippen molar-refractivity contribution in [3.8, 4) is 0 Å². The van der Waals surface area contributed by atoms with E-state index in [0.717, 1.165) is 0 Å². The minimum Gasteiger partial charge on any atom is -0.345 e. The van der Waals surface area contributed by atoms with Crippen LogP contribution in [0.15, 0.2) is 12.2 Å². The van der Waals surface area contributed by atoms with E-state index >= 15 is 0 Å². The average molecular weight is 206 g/mol. The Hall–Kier alpha value is -0.310. The number of hydrogen-bond acceptors (Lipinski definition) is 1. The molecule has 0 radical (unpaired) electrons. The highest BCUT2D eigenvalue weighted by atomic mass is 79.9. The summed E-state index contributed by atoms with van der Waals surface area (Å²) in [7, 11) is 3.46. The molecule has 0 spiro atoms. The number of likely N-dealkylation sites (N-methyl/N-ethyl adjacent to an activating group) is 1. The summed E-state index contributed by atoms with van der Waals surface area (Å²) in [6.07, 6.45) is 3.36. The van der Waals surface area contributed by atoms with Crippen molar-refractivity contribution in [2.45, 2.75) is 11.8 Å². The third-order valence-corrected chi connectivity index (χ3v) is 1.25. The fourth-order valence-corrected chi connectivity index (χ4v) is 0.517. The van der Waals surface area contributed by atoms with Gasteiger partial charge in [-0.1, -0.05) is 22.0 Å². The maximum absolute atomic E-state index is 10.9. The predicted octanol–water partition coefficient (Wildman–Crippen LogP) is 1.41. The zero-order valence-corrected chi connectivity index (χ0v) is 8.05. The van der Waals surface area contributed by atoms with E-state index < -0.39 is 0 Å². The Morgan fingerprint density at radius 3 is 2.40 bits per heavy atom. The maximum atomic E-state index is 10.9. The molecule has 0 aliphatic heterocycles. The molecule has 0 bridgehead atoms. The number of alkyl halides is 1. The second-order valence-electron chi connectivity index (χ2n) is 2.27. The lowest BCUT2D eigenvalue weighted by Gasteiger charge is -2.05. The number of amides is 1. The van der Waals surface area contributed by atoms with Gasteiger partial charge < -0.3 is 4.90 Å². The molecule has 0 aromatic rings. The molecule has 0 heterocycles. The molecule has 0 aromatic carbocycles. The molecule has 0 aromatic heterocycles. The van der Waals surface area contributed by atoms with Crippen LogP contribution >= 0.6 is 15.9 Å². The SMILES string of the molecule is CC(Br)C=CC(=O)N(C)C. The Bertz CT molecular complexity index is 141. The molecule has 0 N–H and O–H groups in total. The van der Waals surface area contributed by atoms with Crippen molar-refractivity contribution in [1.29, 1.82) is 0 Å². The van der Waals surface area contributed by atoms with Crippen LogP contribution in [0.5, 0.6) is 0 Å². The van der Waals surface area contributed by atoms with Gasteiger partial charge >= 0.3 is 0 Å². The number of carbonyl (C=O) groups is 1. The summed E-state index contributed by atoms with van der Waals surface area (Å²) in [5, 5.41) is 0.